The Morgan fingerprint density at radius 2 is 0.833 bits per heavy atom. The molecular weight excluding hydrogens is 199 g/mol. The molecule has 0 N–H and O–H groups in total. The summed E-state index contributed by atoms with van der Waals surface area (Å²) in [5.41, 5.74) is 0. The number of rotatable bonds is 0. The van der Waals surface area contributed by atoms with Crippen LogP contribution in [0.5, 0.6) is 0 Å². The van der Waals surface area contributed by atoms with E-state index in [2.05, 4.69) is 0 Å². The minimum atomic E-state index is 0. The number of hydrogen-bond acceptors (Lipinski definition) is 2. The van der Waals surface area contributed by atoms with E-state index in [0.717, 1.165) is 0 Å². The maximum atomic E-state index is 6.25. The van der Waals surface area contributed by atoms with Crippen LogP contribution in [0.25, 0.3) is 0 Å². The van der Waals surface area contributed by atoms with Gasteiger partial charge in [0.1, 0.15) is 0 Å². The Balaban J connectivity index is -0.00000000500. The molecule has 0 fully saturated rings. The summed E-state index contributed by atoms with van der Waals surface area (Å²) in [4.78, 5) is 0. The topological polar surface area (TPSA) is 47.6 Å². The molecular formula is C2AgKN2-2. The van der Waals surface area contributed by atoms with Crippen LogP contribution in [-0.4, -0.2) is 51.4 Å². The standard InChI is InChI=1S/2CN.Ag.K/c2*1-2;;/q2*-1;;. The van der Waals surface area contributed by atoms with E-state index in [-0.39, 0.29) is 73.8 Å². The van der Waals surface area contributed by atoms with Crippen LogP contribution in [-0.2, 0) is 22.4 Å². The second kappa shape index (κ2) is 99.1. The van der Waals surface area contributed by atoms with Crippen LogP contribution in [0.1, 0.15) is 0 Å². The summed E-state index contributed by atoms with van der Waals surface area (Å²) >= 11 is 0. The van der Waals surface area contributed by atoms with Crippen LogP contribution in [0, 0.1) is 23.7 Å². The molecule has 2 radical (unpaired) electrons. The summed E-state index contributed by atoms with van der Waals surface area (Å²) in [5.74, 6) is 0. The molecule has 32 valence electrons. The maximum Gasteiger partial charge on any atom is 0 e. The van der Waals surface area contributed by atoms with E-state index >= 15 is 0 Å². The van der Waals surface area contributed by atoms with E-state index in [1.807, 2.05) is 0 Å². The van der Waals surface area contributed by atoms with Gasteiger partial charge < -0.3 is 23.7 Å². The third-order valence-electron chi connectivity index (χ3n) is 0. The van der Waals surface area contributed by atoms with Crippen molar-refractivity contribution in [1.82, 2.24) is 0 Å². The quantitative estimate of drug-likeness (QED) is 0.401. The van der Waals surface area contributed by atoms with Crippen molar-refractivity contribution in [3.8, 4) is 0 Å². The molecule has 6 heavy (non-hydrogen) atoms. The van der Waals surface area contributed by atoms with Crippen molar-refractivity contribution in [2.45, 2.75) is 0 Å². The van der Waals surface area contributed by atoms with Crippen LogP contribution >= 0.6 is 0 Å². The molecule has 0 aliphatic heterocycles. The molecule has 0 saturated heterocycles. The summed E-state index contributed by atoms with van der Waals surface area (Å²) in [6.07, 6.45) is 0. The minimum Gasteiger partial charge on any atom is -0.512 e. The van der Waals surface area contributed by atoms with Gasteiger partial charge in [-0.15, -0.1) is 0 Å². The van der Waals surface area contributed by atoms with E-state index in [9.17, 15) is 0 Å². The van der Waals surface area contributed by atoms with Crippen molar-refractivity contribution in [2.24, 2.45) is 0 Å². The largest absolute Gasteiger partial charge is 0.512 e. The SMILES string of the molecule is [Ag].[C-]#N.[C-]#N.[K]. The molecule has 0 aliphatic rings. The van der Waals surface area contributed by atoms with Crippen molar-refractivity contribution < 1.29 is 22.4 Å². The smallest absolute Gasteiger partial charge is 0 e. The van der Waals surface area contributed by atoms with Gasteiger partial charge in [0.05, 0.1) is 0 Å². The van der Waals surface area contributed by atoms with Gasteiger partial charge in [-0.05, 0) is 0 Å². The summed E-state index contributed by atoms with van der Waals surface area (Å²) < 4.78 is 0. The van der Waals surface area contributed by atoms with Crippen LogP contribution in [0.15, 0.2) is 0 Å². The molecule has 0 aliphatic carbocycles. The Labute approximate surface area is 95.5 Å². The summed E-state index contributed by atoms with van der Waals surface area (Å²) in [6, 6.07) is 0. The first kappa shape index (κ1) is 26.4. The Kier molecular flexibility index (Phi) is 436. The van der Waals surface area contributed by atoms with Crippen LogP contribution in [0.2, 0.25) is 0 Å². The number of nitrogens with zero attached hydrogens (tertiary/aromatic N) is 2. The molecule has 0 spiro atoms. The molecule has 0 aromatic rings. The molecule has 0 bridgehead atoms. The van der Waals surface area contributed by atoms with Gasteiger partial charge in [-0.1, -0.05) is 0 Å². The first-order valence-corrected chi connectivity index (χ1v) is 0.447. The molecule has 0 atom stereocenters. The third-order valence-corrected chi connectivity index (χ3v) is 0. The molecule has 0 amide bonds. The van der Waals surface area contributed by atoms with Crippen LogP contribution < -0.4 is 0 Å². The zero-order valence-corrected chi connectivity index (χ0v) is 7.80. The van der Waals surface area contributed by atoms with Gasteiger partial charge in [0.15, 0.2) is 0 Å². The molecule has 0 unspecified atom stereocenters. The van der Waals surface area contributed by atoms with Gasteiger partial charge >= 0.3 is 0 Å². The molecule has 0 heterocycles. The molecule has 0 aromatic heterocycles. The second-order valence-corrected chi connectivity index (χ2v) is 0. The fourth-order valence-corrected chi connectivity index (χ4v) is 0. The first-order chi connectivity index (χ1) is 2.00. The molecule has 0 aromatic carbocycles. The molecule has 4 heteroatoms. The fourth-order valence-electron chi connectivity index (χ4n) is 0. The normalized spacial score (nSPS) is 0.667. The molecule has 0 rings (SSSR count). The van der Waals surface area contributed by atoms with Gasteiger partial charge in [0.25, 0.3) is 0 Å². The van der Waals surface area contributed by atoms with Crippen LogP contribution in [0.4, 0.5) is 0 Å². The average molecular weight is 199 g/mol. The molecule has 0 saturated carbocycles. The molecule has 2 nitrogen and oxygen atoms in total. The average Bonchev–Trinajstić information content (AvgIpc) is 1.50. The van der Waals surface area contributed by atoms with Crippen molar-refractivity contribution >= 4 is 51.4 Å². The Hall–Kier alpha value is 1.36. The monoisotopic (exact) mass is 198 g/mol. The van der Waals surface area contributed by atoms with Gasteiger partial charge in [-0.2, -0.15) is 0 Å². The zero-order chi connectivity index (χ0) is 4.00. The fraction of sp³-hybridized carbons (Fsp3) is 0. The predicted octanol–water partition coefficient (Wildman–Crippen LogP) is -0.191. The van der Waals surface area contributed by atoms with Gasteiger partial charge in [0, 0.05) is 73.8 Å². The zero-order valence-electron chi connectivity index (χ0n) is 3.20. The van der Waals surface area contributed by atoms with E-state index in [1.165, 1.54) is 0 Å². The third kappa shape index (κ3) is 55.2. The second-order valence-electron chi connectivity index (χ2n) is 0. The van der Waals surface area contributed by atoms with Gasteiger partial charge in [0.2, 0.25) is 0 Å². The summed E-state index contributed by atoms with van der Waals surface area (Å²) in [7, 11) is 0. The number of hydrogen-bond donors (Lipinski definition) is 0. The maximum absolute atomic E-state index is 6.25. The van der Waals surface area contributed by atoms with Gasteiger partial charge in [-0.3, -0.25) is 0 Å². The van der Waals surface area contributed by atoms with E-state index in [1.54, 1.807) is 0 Å². The summed E-state index contributed by atoms with van der Waals surface area (Å²) in [6.45, 7) is 9.50. The van der Waals surface area contributed by atoms with Gasteiger partial charge in [-0.25, -0.2) is 0 Å². The Morgan fingerprint density at radius 1 is 0.833 bits per heavy atom. The Morgan fingerprint density at radius 3 is 0.833 bits per heavy atom. The predicted molar refractivity (Wildman–Crippen MR) is 15.7 cm³/mol. The minimum absolute atomic E-state index is 0. The van der Waals surface area contributed by atoms with E-state index in [4.69, 9.17) is 23.7 Å². The van der Waals surface area contributed by atoms with E-state index in [0.29, 0.717) is 0 Å². The first-order valence-electron chi connectivity index (χ1n) is 0.447. The van der Waals surface area contributed by atoms with Crippen molar-refractivity contribution in [2.75, 3.05) is 0 Å². The Bertz CT molecular complexity index is 27.0. The van der Waals surface area contributed by atoms with Crippen LogP contribution in [0.3, 0.4) is 0 Å². The summed E-state index contributed by atoms with van der Waals surface area (Å²) in [5, 5.41) is 12.5. The van der Waals surface area contributed by atoms with Crippen molar-refractivity contribution in [3.05, 3.63) is 13.1 Å². The van der Waals surface area contributed by atoms with E-state index < -0.39 is 0 Å². The van der Waals surface area contributed by atoms with Crippen molar-refractivity contribution in [1.29, 1.82) is 10.5 Å². The van der Waals surface area contributed by atoms with Crippen molar-refractivity contribution in [3.63, 3.8) is 0 Å².